The minimum absolute atomic E-state index is 0.0989. The molecule has 0 aliphatic carbocycles. The van der Waals surface area contributed by atoms with E-state index in [1.807, 2.05) is 0 Å². The number of nitrogens with zero attached hydrogens (tertiary/aromatic N) is 5. The third-order valence-corrected chi connectivity index (χ3v) is 3.59. The Morgan fingerprint density at radius 3 is 2.68 bits per heavy atom. The Labute approximate surface area is 125 Å². The highest BCUT2D eigenvalue weighted by Crippen LogP contribution is 2.19. The monoisotopic (exact) mass is 302 g/mol. The molecule has 0 atom stereocenters. The van der Waals surface area contributed by atoms with Crippen LogP contribution in [-0.2, 0) is 4.79 Å². The van der Waals surface area contributed by atoms with Gasteiger partial charge < -0.3 is 15.2 Å². The first-order valence-corrected chi connectivity index (χ1v) is 6.84. The zero-order chi connectivity index (χ0) is 15.5. The number of carbonyl (C=O) groups excluding carboxylic acids is 2. The number of hydrogen-bond donors (Lipinski definition) is 1. The van der Waals surface area contributed by atoms with E-state index in [1.165, 1.54) is 18.6 Å². The molecular formula is C13H14N6O3. The SMILES string of the molecule is NC(=O)C1CCN(C(=O)c2nc(-c3cnccn3)no2)CC1. The van der Waals surface area contributed by atoms with Crippen LogP contribution in [0, 0.1) is 5.92 Å². The van der Waals surface area contributed by atoms with Gasteiger partial charge in [0.2, 0.25) is 11.7 Å². The zero-order valence-electron chi connectivity index (χ0n) is 11.7. The van der Waals surface area contributed by atoms with Crippen molar-refractivity contribution in [3.8, 4) is 11.5 Å². The second-order valence-corrected chi connectivity index (χ2v) is 4.98. The number of rotatable bonds is 3. The number of hydrogen-bond acceptors (Lipinski definition) is 7. The minimum atomic E-state index is -0.356. The molecule has 1 saturated heterocycles. The number of likely N-dealkylation sites (tertiary alicyclic amines) is 1. The molecule has 114 valence electrons. The predicted molar refractivity (Wildman–Crippen MR) is 73.1 cm³/mol. The molecule has 2 aromatic heterocycles. The Kier molecular flexibility index (Phi) is 3.77. The van der Waals surface area contributed by atoms with Crippen LogP contribution in [-0.4, -0.2) is 49.9 Å². The van der Waals surface area contributed by atoms with Crippen LogP contribution in [0.5, 0.6) is 0 Å². The van der Waals surface area contributed by atoms with Crippen LogP contribution in [0.1, 0.15) is 23.5 Å². The second kappa shape index (κ2) is 5.88. The van der Waals surface area contributed by atoms with Gasteiger partial charge in [-0.3, -0.25) is 14.6 Å². The number of piperidine rings is 1. The van der Waals surface area contributed by atoms with E-state index < -0.39 is 0 Å². The van der Waals surface area contributed by atoms with Crippen LogP contribution >= 0.6 is 0 Å². The van der Waals surface area contributed by atoms with E-state index in [1.54, 1.807) is 4.90 Å². The standard InChI is InChI=1S/C13H14N6O3/c14-10(20)8-1-5-19(6-2-8)13(21)12-17-11(18-22-12)9-7-15-3-4-16-9/h3-4,7-8H,1-2,5-6H2,(H2,14,20). The van der Waals surface area contributed by atoms with Gasteiger partial charge in [-0.15, -0.1) is 0 Å². The Balaban J connectivity index is 1.69. The number of nitrogens with two attached hydrogens (primary N) is 1. The first kappa shape index (κ1) is 14.1. The van der Waals surface area contributed by atoms with Crippen molar-refractivity contribution in [3.05, 3.63) is 24.5 Å². The van der Waals surface area contributed by atoms with Gasteiger partial charge in [-0.1, -0.05) is 5.16 Å². The maximum absolute atomic E-state index is 12.3. The molecule has 3 heterocycles. The molecule has 0 spiro atoms. The molecule has 1 aliphatic heterocycles. The smallest absolute Gasteiger partial charge is 0.316 e. The number of carbonyl (C=O) groups is 2. The molecule has 2 N–H and O–H groups in total. The van der Waals surface area contributed by atoms with Gasteiger partial charge in [0.05, 0.1) is 6.20 Å². The normalized spacial score (nSPS) is 15.7. The summed E-state index contributed by atoms with van der Waals surface area (Å²) in [6, 6.07) is 0. The molecule has 0 saturated carbocycles. The van der Waals surface area contributed by atoms with Crippen LogP contribution in [0.2, 0.25) is 0 Å². The predicted octanol–water partition coefficient (Wildman–Crippen LogP) is -0.136. The van der Waals surface area contributed by atoms with Gasteiger partial charge in [0.25, 0.3) is 0 Å². The molecule has 9 nitrogen and oxygen atoms in total. The van der Waals surface area contributed by atoms with Gasteiger partial charge in [0.1, 0.15) is 5.69 Å². The third-order valence-electron chi connectivity index (χ3n) is 3.59. The van der Waals surface area contributed by atoms with Crippen molar-refractivity contribution in [2.45, 2.75) is 12.8 Å². The molecule has 2 aromatic rings. The van der Waals surface area contributed by atoms with Gasteiger partial charge in [-0.05, 0) is 12.8 Å². The molecule has 1 aliphatic rings. The van der Waals surface area contributed by atoms with Gasteiger partial charge in [-0.25, -0.2) is 4.98 Å². The molecular weight excluding hydrogens is 288 g/mol. The topological polar surface area (TPSA) is 128 Å². The van der Waals surface area contributed by atoms with E-state index >= 15 is 0 Å². The number of amides is 2. The van der Waals surface area contributed by atoms with Crippen molar-refractivity contribution in [1.29, 1.82) is 0 Å². The van der Waals surface area contributed by atoms with Crippen LogP contribution in [0.15, 0.2) is 23.1 Å². The highest BCUT2D eigenvalue weighted by Gasteiger charge is 2.29. The molecule has 0 bridgehead atoms. The maximum Gasteiger partial charge on any atom is 0.316 e. The molecule has 0 radical (unpaired) electrons. The van der Waals surface area contributed by atoms with Crippen molar-refractivity contribution in [2.75, 3.05) is 13.1 Å². The fourth-order valence-electron chi connectivity index (χ4n) is 2.33. The lowest BCUT2D eigenvalue weighted by atomic mass is 9.96. The van der Waals surface area contributed by atoms with E-state index in [0.717, 1.165) is 0 Å². The van der Waals surface area contributed by atoms with E-state index in [0.29, 0.717) is 31.6 Å². The Morgan fingerprint density at radius 1 is 1.27 bits per heavy atom. The van der Waals surface area contributed by atoms with Crippen molar-refractivity contribution in [1.82, 2.24) is 25.0 Å². The summed E-state index contributed by atoms with van der Waals surface area (Å²) >= 11 is 0. The minimum Gasteiger partial charge on any atom is -0.369 e. The van der Waals surface area contributed by atoms with Crippen molar-refractivity contribution in [3.63, 3.8) is 0 Å². The molecule has 0 unspecified atom stereocenters. The van der Waals surface area contributed by atoms with Crippen LogP contribution in [0.3, 0.4) is 0 Å². The lowest BCUT2D eigenvalue weighted by Gasteiger charge is -2.29. The largest absolute Gasteiger partial charge is 0.369 e. The number of aromatic nitrogens is 4. The van der Waals surface area contributed by atoms with Gasteiger partial charge in [0.15, 0.2) is 0 Å². The fraction of sp³-hybridized carbons (Fsp3) is 0.385. The van der Waals surface area contributed by atoms with Crippen molar-refractivity contribution < 1.29 is 14.1 Å². The molecule has 0 aromatic carbocycles. The summed E-state index contributed by atoms with van der Waals surface area (Å²) in [4.78, 5) is 37.0. The van der Waals surface area contributed by atoms with Gasteiger partial charge >= 0.3 is 11.8 Å². The summed E-state index contributed by atoms with van der Waals surface area (Å²) in [6.07, 6.45) is 5.61. The summed E-state index contributed by atoms with van der Waals surface area (Å²) in [5.41, 5.74) is 5.70. The zero-order valence-corrected chi connectivity index (χ0v) is 11.7. The lowest BCUT2D eigenvalue weighted by molar-refractivity contribution is -0.123. The summed E-state index contributed by atoms with van der Waals surface area (Å²) in [7, 11) is 0. The summed E-state index contributed by atoms with van der Waals surface area (Å²) in [5, 5.41) is 3.74. The molecule has 22 heavy (non-hydrogen) atoms. The molecule has 1 fully saturated rings. The van der Waals surface area contributed by atoms with E-state index in [2.05, 4.69) is 20.1 Å². The Bertz CT molecular complexity index is 678. The van der Waals surface area contributed by atoms with Crippen molar-refractivity contribution >= 4 is 11.8 Å². The highest BCUT2D eigenvalue weighted by molar-refractivity contribution is 5.90. The molecule has 2 amide bonds. The summed E-state index contributed by atoms with van der Waals surface area (Å²) in [6.45, 7) is 0.880. The Morgan fingerprint density at radius 2 is 2.05 bits per heavy atom. The molecule has 9 heteroatoms. The molecule has 3 rings (SSSR count). The van der Waals surface area contributed by atoms with Crippen LogP contribution < -0.4 is 5.73 Å². The van der Waals surface area contributed by atoms with E-state index in [9.17, 15) is 9.59 Å². The Hall–Kier alpha value is -2.84. The van der Waals surface area contributed by atoms with Crippen molar-refractivity contribution in [2.24, 2.45) is 11.7 Å². The highest BCUT2D eigenvalue weighted by atomic mass is 16.5. The van der Waals surface area contributed by atoms with Gasteiger partial charge in [0, 0.05) is 31.4 Å². The fourth-order valence-corrected chi connectivity index (χ4v) is 2.33. The van der Waals surface area contributed by atoms with E-state index in [4.69, 9.17) is 10.3 Å². The van der Waals surface area contributed by atoms with Gasteiger partial charge in [-0.2, -0.15) is 4.98 Å². The third kappa shape index (κ3) is 2.78. The van der Waals surface area contributed by atoms with Crippen LogP contribution in [0.25, 0.3) is 11.5 Å². The second-order valence-electron chi connectivity index (χ2n) is 4.98. The maximum atomic E-state index is 12.3. The summed E-state index contributed by atoms with van der Waals surface area (Å²) < 4.78 is 5.00. The average Bonchev–Trinajstić information content (AvgIpc) is 3.05. The first-order valence-electron chi connectivity index (χ1n) is 6.84. The van der Waals surface area contributed by atoms with Crippen LogP contribution in [0.4, 0.5) is 0 Å². The summed E-state index contributed by atoms with van der Waals surface area (Å²) in [5.74, 6) is -0.746. The average molecular weight is 302 g/mol. The first-order chi connectivity index (χ1) is 10.6. The van der Waals surface area contributed by atoms with E-state index in [-0.39, 0.29) is 29.4 Å². The number of primary amides is 1. The quantitative estimate of drug-likeness (QED) is 0.835. The lowest BCUT2D eigenvalue weighted by Crippen LogP contribution is -2.41.